The molecule has 0 saturated carbocycles. The first-order chi connectivity index (χ1) is 12.8. The Labute approximate surface area is 170 Å². The van der Waals surface area contributed by atoms with Crippen molar-refractivity contribution in [2.75, 3.05) is 14.2 Å². The van der Waals surface area contributed by atoms with Crippen LogP contribution in [0.2, 0.25) is 5.02 Å². The largest absolute Gasteiger partial charge is 0.506 e. The van der Waals surface area contributed by atoms with Crippen molar-refractivity contribution < 1.29 is 24.2 Å². The van der Waals surface area contributed by atoms with E-state index in [4.69, 9.17) is 21.1 Å². The third-order valence-corrected chi connectivity index (χ3v) is 4.91. The predicted molar refractivity (Wildman–Crippen MR) is 111 cm³/mol. The lowest BCUT2D eigenvalue weighted by Gasteiger charge is -2.26. The molecule has 0 aliphatic rings. The van der Waals surface area contributed by atoms with E-state index in [0.29, 0.717) is 5.39 Å². The Morgan fingerprint density at radius 3 is 1.71 bits per heavy atom. The van der Waals surface area contributed by atoms with E-state index in [2.05, 4.69) is 0 Å². The van der Waals surface area contributed by atoms with E-state index in [0.717, 1.165) is 0 Å². The van der Waals surface area contributed by atoms with Gasteiger partial charge in [-0.2, -0.15) is 0 Å². The quantitative estimate of drug-likeness (QED) is 0.662. The van der Waals surface area contributed by atoms with Crippen molar-refractivity contribution in [1.29, 1.82) is 0 Å². The second kappa shape index (κ2) is 7.28. The molecule has 0 heterocycles. The fraction of sp³-hybridized carbons (Fsp3) is 0.455. The number of fused-ring (bicyclic) bond motifs is 1. The number of Topliss-reactive ketones (excluding diaryl/α,β-unsaturated/α-hetero) is 2. The number of aromatic hydroxyl groups is 1. The normalized spacial score (nSPS) is 12.2. The molecule has 0 unspecified atom stereocenters. The zero-order valence-electron chi connectivity index (χ0n) is 17.6. The molecule has 2 aromatic carbocycles. The minimum atomic E-state index is -0.754. The van der Waals surface area contributed by atoms with Crippen LogP contribution in [0.3, 0.4) is 0 Å². The van der Waals surface area contributed by atoms with Crippen LogP contribution in [-0.4, -0.2) is 30.9 Å². The molecule has 0 bridgehead atoms. The predicted octanol–water partition coefficient (Wildman–Crippen LogP) is 5.67. The van der Waals surface area contributed by atoms with Crippen molar-refractivity contribution >= 4 is 33.9 Å². The molecule has 152 valence electrons. The molecule has 0 aliphatic carbocycles. The number of carbonyl (C=O) groups excluding carboxylic acids is 2. The maximum absolute atomic E-state index is 13.3. The fourth-order valence-electron chi connectivity index (χ4n) is 3.06. The van der Waals surface area contributed by atoms with Crippen LogP contribution in [0.15, 0.2) is 12.1 Å². The van der Waals surface area contributed by atoms with Crippen molar-refractivity contribution in [3.8, 4) is 17.2 Å². The number of carbonyl (C=O) groups is 2. The van der Waals surface area contributed by atoms with Gasteiger partial charge in [-0.3, -0.25) is 9.59 Å². The molecule has 0 fully saturated rings. The van der Waals surface area contributed by atoms with Crippen molar-refractivity contribution in [1.82, 2.24) is 0 Å². The van der Waals surface area contributed by atoms with Gasteiger partial charge in [-0.25, -0.2) is 0 Å². The Balaban J connectivity index is 3.21. The van der Waals surface area contributed by atoms with Gasteiger partial charge >= 0.3 is 0 Å². The number of benzene rings is 2. The molecule has 28 heavy (non-hydrogen) atoms. The van der Waals surface area contributed by atoms with Crippen LogP contribution in [0.5, 0.6) is 17.2 Å². The maximum atomic E-state index is 13.3. The van der Waals surface area contributed by atoms with Crippen LogP contribution >= 0.6 is 11.6 Å². The van der Waals surface area contributed by atoms with Crippen LogP contribution in [0.1, 0.15) is 62.3 Å². The van der Waals surface area contributed by atoms with Crippen LogP contribution in [0.4, 0.5) is 0 Å². The molecule has 0 spiro atoms. The first-order valence-corrected chi connectivity index (χ1v) is 9.33. The highest BCUT2D eigenvalue weighted by atomic mass is 35.5. The third kappa shape index (κ3) is 3.55. The second-order valence-electron chi connectivity index (χ2n) is 8.80. The smallest absolute Gasteiger partial charge is 0.173 e. The number of phenolic OH excluding ortho intramolecular Hbond substituents is 1. The number of ether oxygens (including phenoxy) is 2. The average Bonchev–Trinajstić information content (AvgIpc) is 2.59. The van der Waals surface area contributed by atoms with Gasteiger partial charge in [-0.05, 0) is 17.5 Å². The van der Waals surface area contributed by atoms with E-state index in [9.17, 15) is 14.7 Å². The Bertz CT molecular complexity index is 962. The molecule has 0 atom stereocenters. The summed E-state index contributed by atoms with van der Waals surface area (Å²) in [5, 5.41) is 10.9. The van der Waals surface area contributed by atoms with Gasteiger partial charge in [0.1, 0.15) is 5.75 Å². The summed E-state index contributed by atoms with van der Waals surface area (Å²) in [7, 11) is 2.83. The van der Waals surface area contributed by atoms with Gasteiger partial charge in [0.2, 0.25) is 0 Å². The van der Waals surface area contributed by atoms with E-state index in [1.54, 1.807) is 47.6 Å². The molecule has 0 aliphatic heterocycles. The number of methoxy groups -OCH3 is 2. The molecule has 2 rings (SSSR count). The van der Waals surface area contributed by atoms with Crippen molar-refractivity contribution in [2.45, 2.75) is 41.5 Å². The Kier molecular flexibility index (Phi) is 5.73. The van der Waals surface area contributed by atoms with Gasteiger partial charge in [0, 0.05) is 16.2 Å². The molecular weight excluding hydrogens is 380 g/mol. The fourth-order valence-corrected chi connectivity index (χ4v) is 3.32. The van der Waals surface area contributed by atoms with E-state index in [1.165, 1.54) is 20.3 Å². The Morgan fingerprint density at radius 2 is 1.29 bits per heavy atom. The summed E-state index contributed by atoms with van der Waals surface area (Å²) >= 11 is 6.43. The summed E-state index contributed by atoms with van der Waals surface area (Å²) in [4.78, 5) is 26.6. The molecular formula is C22H27ClO5. The maximum Gasteiger partial charge on any atom is 0.173 e. The molecule has 0 aromatic heterocycles. The molecule has 2 aromatic rings. The molecule has 0 amide bonds. The minimum absolute atomic E-state index is 0.00554. The van der Waals surface area contributed by atoms with E-state index < -0.39 is 10.8 Å². The summed E-state index contributed by atoms with van der Waals surface area (Å²) in [6.45, 7) is 10.7. The highest BCUT2D eigenvalue weighted by Gasteiger charge is 2.36. The lowest BCUT2D eigenvalue weighted by Crippen LogP contribution is -2.24. The van der Waals surface area contributed by atoms with E-state index in [-0.39, 0.29) is 50.4 Å². The second-order valence-corrected chi connectivity index (χ2v) is 9.17. The number of ketones is 2. The Hall–Kier alpha value is -2.27. The number of hydrogen-bond donors (Lipinski definition) is 1. The van der Waals surface area contributed by atoms with Crippen molar-refractivity contribution in [3.05, 3.63) is 28.3 Å². The molecule has 0 radical (unpaired) electrons. The molecule has 5 nitrogen and oxygen atoms in total. The first kappa shape index (κ1) is 22.0. The lowest BCUT2D eigenvalue weighted by molar-refractivity contribution is 0.0844. The molecule has 0 saturated heterocycles. The summed E-state index contributed by atoms with van der Waals surface area (Å²) in [6.07, 6.45) is 0. The highest BCUT2D eigenvalue weighted by molar-refractivity contribution is 6.39. The standard InChI is InChI=1S/C22H27ClO5/c1-21(2,3)19(25)14-11-9-10-12(24)16(23)13(11)15(20(26)22(4,5)6)18(28-8)17(14)27-7/h9-10,24H,1-8H3. The van der Waals surface area contributed by atoms with Crippen LogP contribution < -0.4 is 9.47 Å². The van der Waals surface area contributed by atoms with Gasteiger partial charge in [0.25, 0.3) is 0 Å². The summed E-state index contributed by atoms with van der Waals surface area (Å²) in [5.74, 6) is -0.295. The van der Waals surface area contributed by atoms with Gasteiger partial charge in [0.05, 0.1) is 30.4 Å². The van der Waals surface area contributed by atoms with Gasteiger partial charge in [-0.15, -0.1) is 0 Å². The minimum Gasteiger partial charge on any atom is -0.506 e. The Morgan fingerprint density at radius 1 is 0.857 bits per heavy atom. The monoisotopic (exact) mass is 406 g/mol. The SMILES string of the molecule is COc1c(OC)c(C(=O)C(C)(C)C)c2c(Cl)c(O)ccc2c1C(=O)C(C)(C)C. The summed E-state index contributed by atoms with van der Waals surface area (Å²) < 4.78 is 11.1. The van der Waals surface area contributed by atoms with Gasteiger partial charge in [0.15, 0.2) is 23.1 Å². The van der Waals surface area contributed by atoms with Crippen LogP contribution in [0.25, 0.3) is 10.8 Å². The van der Waals surface area contributed by atoms with Crippen molar-refractivity contribution in [2.24, 2.45) is 10.8 Å². The topological polar surface area (TPSA) is 72.8 Å². The number of phenols is 1. The van der Waals surface area contributed by atoms with Gasteiger partial charge < -0.3 is 14.6 Å². The van der Waals surface area contributed by atoms with Crippen molar-refractivity contribution in [3.63, 3.8) is 0 Å². The highest BCUT2D eigenvalue weighted by Crippen LogP contribution is 2.49. The zero-order chi connectivity index (χ0) is 21.6. The molecule has 6 heteroatoms. The van der Waals surface area contributed by atoms with Crippen LogP contribution in [-0.2, 0) is 0 Å². The average molecular weight is 407 g/mol. The number of halogens is 1. The number of rotatable bonds is 4. The lowest BCUT2D eigenvalue weighted by atomic mass is 9.79. The zero-order valence-corrected chi connectivity index (χ0v) is 18.4. The third-order valence-electron chi connectivity index (χ3n) is 4.53. The van der Waals surface area contributed by atoms with E-state index in [1.807, 2.05) is 0 Å². The summed E-state index contributed by atoms with van der Waals surface area (Å²) in [6, 6.07) is 2.98. The van der Waals surface area contributed by atoms with Gasteiger partial charge in [-0.1, -0.05) is 53.1 Å². The van der Waals surface area contributed by atoms with E-state index >= 15 is 0 Å². The first-order valence-electron chi connectivity index (χ1n) is 8.96. The summed E-state index contributed by atoms with van der Waals surface area (Å²) in [5.41, 5.74) is -1.01. The van der Waals surface area contributed by atoms with Crippen LogP contribution in [0, 0.1) is 10.8 Å². The molecule has 1 N–H and O–H groups in total. The number of hydrogen-bond acceptors (Lipinski definition) is 5.